The SMILES string of the molecule is COc1cc(C)ccc1Oc1ncc(CC(C)N)cn1. The van der Waals surface area contributed by atoms with E-state index in [-0.39, 0.29) is 6.04 Å². The van der Waals surface area contributed by atoms with E-state index in [9.17, 15) is 0 Å². The number of hydrogen-bond donors (Lipinski definition) is 1. The molecule has 0 radical (unpaired) electrons. The minimum absolute atomic E-state index is 0.0857. The Kier molecular flexibility index (Phi) is 4.53. The van der Waals surface area contributed by atoms with Crippen molar-refractivity contribution in [3.63, 3.8) is 0 Å². The summed E-state index contributed by atoms with van der Waals surface area (Å²) in [7, 11) is 1.61. The van der Waals surface area contributed by atoms with E-state index < -0.39 is 0 Å². The average Bonchev–Trinajstić information content (AvgIpc) is 2.42. The molecule has 1 unspecified atom stereocenters. The van der Waals surface area contributed by atoms with Gasteiger partial charge in [-0.15, -0.1) is 0 Å². The summed E-state index contributed by atoms with van der Waals surface area (Å²) >= 11 is 0. The van der Waals surface area contributed by atoms with Gasteiger partial charge in [0, 0.05) is 18.4 Å². The number of nitrogens with zero attached hydrogens (tertiary/aromatic N) is 2. The molecule has 2 N–H and O–H groups in total. The van der Waals surface area contributed by atoms with Crippen molar-refractivity contribution in [3.05, 3.63) is 41.7 Å². The van der Waals surface area contributed by atoms with Crippen LogP contribution in [0.5, 0.6) is 17.5 Å². The largest absolute Gasteiger partial charge is 0.493 e. The standard InChI is InChI=1S/C15H19N3O2/c1-10-4-5-13(14(6-10)19-3)20-15-17-8-12(9-18-15)7-11(2)16/h4-6,8-9,11H,7,16H2,1-3H3. The fourth-order valence-corrected chi connectivity index (χ4v) is 1.83. The van der Waals surface area contributed by atoms with Crippen LogP contribution in [0.1, 0.15) is 18.1 Å². The number of benzene rings is 1. The van der Waals surface area contributed by atoms with Gasteiger partial charge in [0.2, 0.25) is 0 Å². The van der Waals surface area contributed by atoms with Gasteiger partial charge in [-0.1, -0.05) is 6.07 Å². The second kappa shape index (κ2) is 6.34. The fraction of sp³-hybridized carbons (Fsp3) is 0.333. The van der Waals surface area contributed by atoms with E-state index in [1.165, 1.54) is 0 Å². The van der Waals surface area contributed by atoms with Gasteiger partial charge in [0.15, 0.2) is 11.5 Å². The summed E-state index contributed by atoms with van der Waals surface area (Å²) in [4.78, 5) is 8.36. The predicted molar refractivity (Wildman–Crippen MR) is 77.2 cm³/mol. The highest BCUT2D eigenvalue weighted by atomic mass is 16.5. The summed E-state index contributed by atoms with van der Waals surface area (Å²) in [6.45, 7) is 3.94. The van der Waals surface area contributed by atoms with Crippen LogP contribution in [0.4, 0.5) is 0 Å². The number of methoxy groups -OCH3 is 1. The third-order valence-electron chi connectivity index (χ3n) is 2.76. The Hall–Kier alpha value is -2.14. The molecule has 0 aliphatic carbocycles. The lowest BCUT2D eigenvalue weighted by molar-refractivity contribution is 0.367. The quantitative estimate of drug-likeness (QED) is 0.906. The lowest BCUT2D eigenvalue weighted by Gasteiger charge is -2.10. The number of aromatic nitrogens is 2. The van der Waals surface area contributed by atoms with Crippen LogP contribution in [0.2, 0.25) is 0 Å². The van der Waals surface area contributed by atoms with Gasteiger partial charge in [-0.05, 0) is 43.5 Å². The number of rotatable bonds is 5. The van der Waals surface area contributed by atoms with Gasteiger partial charge in [0.1, 0.15) is 0 Å². The Bertz CT molecular complexity index is 568. The molecule has 1 atom stereocenters. The van der Waals surface area contributed by atoms with Crippen LogP contribution in [-0.2, 0) is 6.42 Å². The Labute approximate surface area is 118 Å². The second-order valence-corrected chi connectivity index (χ2v) is 4.81. The van der Waals surface area contributed by atoms with E-state index in [2.05, 4.69) is 9.97 Å². The summed E-state index contributed by atoms with van der Waals surface area (Å²) in [5.41, 5.74) is 7.82. The van der Waals surface area contributed by atoms with Crippen molar-refractivity contribution in [3.8, 4) is 17.5 Å². The smallest absolute Gasteiger partial charge is 0.322 e. The monoisotopic (exact) mass is 273 g/mol. The third kappa shape index (κ3) is 3.68. The summed E-state index contributed by atoms with van der Waals surface area (Å²) < 4.78 is 10.9. The molecule has 0 saturated carbocycles. The first-order valence-electron chi connectivity index (χ1n) is 6.47. The average molecular weight is 273 g/mol. The summed E-state index contributed by atoms with van der Waals surface area (Å²) in [6.07, 6.45) is 4.20. The van der Waals surface area contributed by atoms with Crippen LogP contribution in [0.15, 0.2) is 30.6 Å². The molecule has 1 aromatic carbocycles. The van der Waals surface area contributed by atoms with Crippen molar-refractivity contribution < 1.29 is 9.47 Å². The lowest BCUT2D eigenvalue weighted by atomic mass is 10.1. The molecule has 2 rings (SSSR count). The molecule has 0 saturated heterocycles. The van der Waals surface area contributed by atoms with Crippen LogP contribution in [0.25, 0.3) is 0 Å². The lowest BCUT2D eigenvalue weighted by Crippen LogP contribution is -2.17. The highest BCUT2D eigenvalue weighted by molar-refractivity contribution is 5.43. The highest BCUT2D eigenvalue weighted by Crippen LogP contribution is 2.30. The molecule has 0 amide bonds. The molecule has 0 spiro atoms. The number of hydrogen-bond acceptors (Lipinski definition) is 5. The van der Waals surface area contributed by atoms with E-state index in [1.807, 2.05) is 32.0 Å². The minimum Gasteiger partial charge on any atom is -0.493 e. The van der Waals surface area contributed by atoms with Crippen LogP contribution < -0.4 is 15.2 Å². The van der Waals surface area contributed by atoms with Gasteiger partial charge in [-0.3, -0.25) is 0 Å². The molecule has 1 aromatic heterocycles. The van der Waals surface area contributed by atoms with Crippen molar-refractivity contribution in [1.82, 2.24) is 9.97 Å². The van der Waals surface area contributed by atoms with Crippen molar-refractivity contribution in [2.24, 2.45) is 5.73 Å². The molecule has 0 fully saturated rings. The maximum Gasteiger partial charge on any atom is 0.322 e. The van der Waals surface area contributed by atoms with Crippen LogP contribution >= 0.6 is 0 Å². The van der Waals surface area contributed by atoms with Crippen molar-refractivity contribution >= 4 is 0 Å². The van der Waals surface area contributed by atoms with E-state index in [4.69, 9.17) is 15.2 Å². The van der Waals surface area contributed by atoms with E-state index in [0.717, 1.165) is 17.5 Å². The summed E-state index contributed by atoms with van der Waals surface area (Å²) in [5, 5.41) is 0. The van der Waals surface area contributed by atoms with Gasteiger partial charge in [-0.2, -0.15) is 0 Å². The topological polar surface area (TPSA) is 70.3 Å². The highest BCUT2D eigenvalue weighted by Gasteiger charge is 2.08. The Morgan fingerprint density at radius 1 is 1.20 bits per heavy atom. The first-order chi connectivity index (χ1) is 9.58. The molecule has 0 aliphatic rings. The maximum atomic E-state index is 5.73. The van der Waals surface area contributed by atoms with Gasteiger partial charge in [0.25, 0.3) is 0 Å². The Morgan fingerprint density at radius 2 is 1.90 bits per heavy atom. The Balaban J connectivity index is 2.14. The molecule has 5 heteroatoms. The molecule has 106 valence electrons. The Morgan fingerprint density at radius 3 is 2.50 bits per heavy atom. The molecule has 2 aromatic rings. The molecule has 0 aliphatic heterocycles. The molecule has 1 heterocycles. The number of nitrogens with two attached hydrogens (primary N) is 1. The van der Waals surface area contributed by atoms with Gasteiger partial charge >= 0.3 is 6.01 Å². The van der Waals surface area contributed by atoms with Gasteiger partial charge < -0.3 is 15.2 Å². The minimum atomic E-state index is 0.0857. The number of ether oxygens (including phenoxy) is 2. The van der Waals surface area contributed by atoms with Crippen molar-refractivity contribution in [1.29, 1.82) is 0 Å². The molecule has 20 heavy (non-hydrogen) atoms. The third-order valence-corrected chi connectivity index (χ3v) is 2.76. The van der Waals surface area contributed by atoms with Crippen LogP contribution in [-0.4, -0.2) is 23.1 Å². The van der Waals surface area contributed by atoms with Gasteiger partial charge in [-0.25, -0.2) is 9.97 Å². The zero-order chi connectivity index (χ0) is 14.5. The van der Waals surface area contributed by atoms with Crippen LogP contribution in [0.3, 0.4) is 0 Å². The summed E-state index contributed by atoms with van der Waals surface area (Å²) in [6, 6.07) is 6.07. The first-order valence-corrected chi connectivity index (χ1v) is 6.47. The predicted octanol–water partition coefficient (Wildman–Crippen LogP) is 2.48. The summed E-state index contributed by atoms with van der Waals surface area (Å²) in [5.74, 6) is 1.26. The van der Waals surface area contributed by atoms with E-state index in [1.54, 1.807) is 19.5 Å². The normalized spacial score (nSPS) is 12.0. The zero-order valence-electron chi connectivity index (χ0n) is 12.0. The van der Waals surface area contributed by atoms with Gasteiger partial charge in [0.05, 0.1) is 7.11 Å². The van der Waals surface area contributed by atoms with E-state index >= 15 is 0 Å². The molecular weight excluding hydrogens is 254 g/mol. The second-order valence-electron chi connectivity index (χ2n) is 4.81. The molecule has 5 nitrogen and oxygen atoms in total. The molecular formula is C15H19N3O2. The van der Waals surface area contributed by atoms with Crippen molar-refractivity contribution in [2.45, 2.75) is 26.3 Å². The molecule has 0 bridgehead atoms. The maximum absolute atomic E-state index is 5.73. The van der Waals surface area contributed by atoms with Crippen LogP contribution in [0, 0.1) is 6.92 Å². The number of aryl methyl sites for hydroxylation is 1. The zero-order valence-corrected chi connectivity index (χ0v) is 12.0. The first kappa shape index (κ1) is 14.3. The van der Waals surface area contributed by atoms with E-state index in [0.29, 0.717) is 17.5 Å². The fourth-order valence-electron chi connectivity index (χ4n) is 1.83. The van der Waals surface area contributed by atoms with Crippen molar-refractivity contribution in [2.75, 3.05) is 7.11 Å².